The van der Waals surface area contributed by atoms with Gasteiger partial charge in [0.1, 0.15) is 5.78 Å². The number of rotatable bonds is 16. The molecule has 6 amide bonds. The van der Waals surface area contributed by atoms with E-state index in [1.54, 1.807) is 0 Å². The summed E-state index contributed by atoms with van der Waals surface area (Å²) in [6, 6.07) is 0. The molecule has 0 aromatic rings. The Hall–Kier alpha value is -4.23. The normalized spacial score (nSPS) is 14.8. The first-order valence-corrected chi connectivity index (χ1v) is 11.7. The highest BCUT2D eigenvalue weighted by Crippen LogP contribution is 2.12. The minimum atomic E-state index is -0.865. The summed E-state index contributed by atoms with van der Waals surface area (Å²) in [4.78, 5) is 110. The van der Waals surface area contributed by atoms with Gasteiger partial charge in [-0.3, -0.25) is 43.3 Å². The molecule has 0 aliphatic carbocycles. The lowest BCUT2D eigenvalue weighted by molar-refractivity contribution is -0.197. The number of Topliss-reactive ketones (excluding diaryl/α,β-unsaturated/α-hetero) is 2. The molecule has 200 valence electrons. The fourth-order valence-corrected chi connectivity index (χ4v) is 3.29. The number of amides is 6. The zero-order chi connectivity index (χ0) is 27.4. The van der Waals surface area contributed by atoms with Crippen molar-refractivity contribution in [3.05, 3.63) is 12.2 Å². The van der Waals surface area contributed by atoms with Crippen LogP contribution in [0.3, 0.4) is 0 Å². The van der Waals surface area contributed by atoms with E-state index >= 15 is 0 Å². The van der Waals surface area contributed by atoms with E-state index in [4.69, 9.17) is 0 Å². The molecule has 14 nitrogen and oxygen atoms in total. The van der Waals surface area contributed by atoms with Crippen LogP contribution in [0.25, 0.3) is 0 Å². The zero-order valence-corrected chi connectivity index (χ0v) is 20.1. The van der Waals surface area contributed by atoms with Gasteiger partial charge in [0.25, 0.3) is 23.6 Å². The maximum atomic E-state index is 11.9. The van der Waals surface area contributed by atoms with Gasteiger partial charge in [-0.05, 0) is 6.42 Å². The molecule has 0 spiro atoms. The van der Waals surface area contributed by atoms with E-state index < -0.39 is 47.2 Å². The number of hydroxylamine groups is 2. The number of nitrogens with one attached hydrogen (secondary N) is 2. The van der Waals surface area contributed by atoms with E-state index in [1.165, 1.54) is 0 Å². The monoisotopic (exact) mass is 520 g/mol. The number of hydrogen-bond donors (Lipinski definition) is 2. The Bertz CT molecular complexity index is 985. The minimum Gasteiger partial charge on any atom is -0.356 e. The van der Waals surface area contributed by atoms with E-state index in [2.05, 4.69) is 15.5 Å². The van der Waals surface area contributed by atoms with E-state index in [1.807, 2.05) is 0 Å². The predicted molar refractivity (Wildman–Crippen MR) is 121 cm³/mol. The second-order valence-corrected chi connectivity index (χ2v) is 8.26. The molecule has 0 radical (unpaired) electrons. The molecule has 1 saturated heterocycles. The Kier molecular flexibility index (Phi) is 11.3. The van der Waals surface area contributed by atoms with E-state index in [0.29, 0.717) is 11.5 Å². The van der Waals surface area contributed by atoms with Crippen molar-refractivity contribution >= 4 is 53.0 Å². The van der Waals surface area contributed by atoms with Crippen LogP contribution in [0.4, 0.5) is 0 Å². The summed E-state index contributed by atoms with van der Waals surface area (Å²) in [5.41, 5.74) is 0. The van der Waals surface area contributed by atoms with Crippen LogP contribution in [0, 0.1) is 0 Å². The molecular formula is C23H28N4O10. The first-order valence-electron chi connectivity index (χ1n) is 11.7. The molecule has 37 heavy (non-hydrogen) atoms. The van der Waals surface area contributed by atoms with Crippen molar-refractivity contribution in [2.24, 2.45) is 0 Å². The van der Waals surface area contributed by atoms with Gasteiger partial charge < -0.3 is 15.5 Å². The van der Waals surface area contributed by atoms with Crippen LogP contribution < -0.4 is 10.6 Å². The van der Waals surface area contributed by atoms with Gasteiger partial charge in [0.05, 0.1) is 13.0 Å². The molecule has 2 heterocycles. The molecule has 2 N–H and O–H groups in total. The highest BCUT2D eigenvalue weighted by molar-refractivity contribution is 6.12. The third kappa shape index (κ3) is 10.1. The molecule has 0 saturated carbocycles. The SMILES string of the molecule is O=C(CCCN1C(=O)C=CC1=O)CCC(=O)NCC(=O)CCC(=O)NCCC(=O)ON1C(=O)CCC1=O. The Balaban J connectivity index is 1.49. The Morgan fingerprint density at radius 1 is 0.730 bits per heavy atom. The summed E-state index contributed by atoms with van der Waals surface area (Å²) in [5, 5.41) is 5.19. The third-order valence-electron chi connectivity index (χ3n) is 5.33. The van der Waals surface area contributed by atoms with E-state index in [9.17, 15) is 43.2 Å². The van der Waals surface area contributed by atoms with Gasteiger partial charge in [-0.2, -0.15) is 0 Å². The number of nitrogens with zero attached hydrogens (tertiary/aromatic N) is 2. The fraction of sp³-hybridized carbons (Fsp3) is 0.522. The smallest absolute Gasteiger partial charge is 0.334 e. The highest BCUT2D eigenvalue weighted by Gasteiger charge is 2.32. The molecule has 2 aliphatic heterocycles. The summed E-state index contributed by atoms with van der Waals surface area (Å²) in [6.07, 6.45) is 1.87. The lowest BCUT2D eigenvalue weighted by Crippen LogP contribution is -2.34. The lowest BCUT2D eigenvalue weighted by atomic mass is 10.1. The Labute approximate surface area is 211 Å². The zero-order valence-electron chi connectivity index (χ0n) is 20.1. The van der Waals surface area contributed by atoms with Gasteiger partial charge >= 0.3 is 5.97 Å². The van der Waals surface area contributed by atoms with Crippen molar-refractivity contribution in [1.82, 2.24) is 20.6 Å². The van der Waals surface area contributed by atoms with Crippen molar-refractivity contribution in [1.29, 1.82) is 0 Å². The number of hydrogen-bond acceptors (Lipinski definition) is 10. The van der Waals surface area contributed by atoms with Gasteiger partial charge in [0, 0.05) is 70.2 Å². The standard InChI is InChI=1S/C23H28N4O10/c28-15(2-1-13-26-19(32)7-8-20(26)33)3-5-18(31)25-14-16(29)4-6-17(30)24-12-11-23(36)37-27-21(34)9-10-22(27)35/h7-8H,1-6,9-14H2,(H,24,30)(H,25,31). The summed E-state index contributed by atoms with van der Waals surface area (Å²) >= 11 is 0. The molecule has 14 heteroatoms. The molecule has 0 aromatic heterocycles. The molecule has 2 aliphatic rings. The first-order chi connectivity index (χ1) is 17.6. The second-order valence-electron chi connectivity index (χ2n) is 8.26. The second kappa shape index (κ2) is 14.4. The molecule has 1 fully saturated rings. The van der Waals surface area contributed by atoms with Crippen molar-refractivity contribution < 1.29 is 48.0 Å². The minimum absolute atomic E-state index is 0.0270. The average molecular weight is 520 g/mol. The van der Waals surface area contributed by atoms with Gasteiger partial charge in [-0.1, -0.05) is 0 Å². The maximum Gasteiger partial charge on any atom is 0.334 e. The maximum absolute atomic E-state index is 11.9. The molecule has 0 aromatic carbocycles. The summed E-state index contributed by atoms with van der Waals surface area (Å²) in [5.74, 6) is -4.57. The number of carbonyl (C=O) groups excluding carboxylic acids is 9. The summed E-state index contributed by atoms with van der Waals surface area (Å²) in [7, 11) is 0. The fourth-order valence-electron chi connectivity index (χ4n) is 3.29. The molecular weight excluding hydrogens is 492 g/mol. The van der Waals surface area contributed by atoms with Gasteiger partial charge in [-0.25, -0.2) is 4.79 Å². The number of ketones is 2. The van der Waals surface area contributed by atoms with Crippen LogP contribution in [0.2, 0.25) is 0 Å². The van der Waals surface area contributed by atoms with Crippen LogP contribution in [-0.2, 0) is 48.0 Å². The predicted octanol–water partition coefficient (Wildman–Crippen LogP) is -1.38. The van der Waals surface area contributed by atoms with Crippen LogP contribution in [0.5, 0.6) is 0 Å². The summed E-state index contributed by atoms with van der Waals surface area (Å²) < 4.78 is 0. The number of carbonyl (C=O) groups is 9. The van der Waals surface area contributed by atoms with Crippen LogP contribution >= 0.6 is 0 Å². The van der Waals surface area contributed by atoms with E-state index in [0.717, 1.165) is 17.1 Å². The van der Waals surface area contributed by atoms with Crippen molar-refractivity contribution in [2.45, 2.75) is 57.8 Å². The lowest BCUT2D eigenvalue weighted by Gasteiger charge is -2.12. The van der Waals surface area contributed by atoms with Gasteiger partial charge in [0.2, 0.25) is 11.8 Å². The van der Waals surface area contributed by atoms with E-state index in [-0.39, 0.29) is 76.8 Å². The summed E-state index contributed by atoms with van der Waals surface area (Å²) in [6.45, 7) is -0.305. The quantitative estimate of drug-likeness (QED) is 0.229. The van der Waals surface area contributed by atoms with Crippen LogP contribution in [-0.4, -0.2) is 82.6 Å². The largest absolute Gasteiger partial charge is 0.356 e. The van der Waals surface area contributed by atoms with Crippen molar-refractivity contribution in [3.8, 4) is 0 Å². The highest BCUT2D eigenvalue weighted by atomic mass is 16.7. The Morgan fingerprint density at radius 3 is 1.92 bits per heavy atom. The van der Waals surface area contributed by atoms with Crippen LogP contribution in [0.1, 0.15) is 57.8 Å². The third-order valence-corrected chi connectivity index (χ3v) is 5.33. The average Bonchev–Trinajstić information content (AvgIpc) is 3.35. The van der Waals surface area contributed by atoms with Gasteiger partial charge in [0.15, 0.2) is 5.78 Å². The molecule has 2 rings (SSSR count). The van der Waals surface area contributed by atoms with Gasteiger partial charge in [-0.15, -0.1) is 5.06 Å². The molecule has 0 atom stereocenters. The molecule has 0 bridgehead atoms. The van der Waals surface area contributed by atoms with Crippen molar-refractivity contribution in [3.63, 3.8) is 0 Å². The van der Waals surface area contributed by atoms with Crippen molar-refractivity contribution in [2.75, 3.05) is 19.6 Å². The molecule has 0 unspecified atom stereocenters. The van der Waals surface area contributed by atoms with Crippen LogP contribution in [0.15, 0.2) is 12.2 Å². The topological polar surface area (TPSA) is 193 Å². The Morgan fingerprint density at radius 2 is 1.30 bits per heavy atom. The number of imide groups is 2. The first kappa shape index (κ1) is 29.0.